The summed E-state index contributed by atoms with van der Waals surface area (Å²) in [7, 11) is -2.57. The predicted molar refractivity (Wildman–Crippen MR) is 116 cm³/mol. The van der Waals surface area contributed by atoms with E-state index in [9.17, 15) is 26.8 Å². The standard InChI is InChI=1S/C21H23F2N5O4S/c1-26-10-14(9-24-26)12-28-18(29)16-8-15(33(31,32)25-21(6-7-21)19(22)23)4-5-17(16)27(20(28)30)11-13-2-3-13/h4-5,8-10,13,19,25H,2-3,6-7,11-12H2,1H3. The zero-order chi connectivity index (χ0) is 23.5. The molecule has 2 heterocycles. The fraction of sp³-hybridized carbons (Fsp3) is 0.476. The first-order chi connectivity index (χ1) is 15.6. The van der Waals surface area contributed by atoms with Gasteiger partial charge in [-0.2, -0.15) is 9.82 Å². The molecule has 9 nitrogen and oxygen atoms in total. The molecule has 33 heavy (non-hydrogen) atoms. The third kappa shape index (κ3) is 4.01. The molecule has 176 valence electrons. The predicted octanol–water partition coefficient (Wildman–Crippen LogP) is 1.43. The molecular weight excluding hydrogens is 456 g/mol. The van der Waals surface area contributed by atoms with Crippen LogP contribution in [-0.4, -0.2) is 39.3 Å². The average Bonchev–Trinajstić information content (AvgIpc) is 3.68. The van der Waals surface area contributed by atoms with Crippen molar-refractivity contribution >= 4 is 20.9 Å². The lowest BCUT2D eigenvalue weighted by Crippen LogP contribution is -2.42. The summed E-state index contributed by atoms with van der Waals surface area (Å²) in [6.07, 6.45) is 2.46. The number of nitrogens with one attached hydrogen (secondary N) is 1. The SMILES string of the molecule is Cn1cc(Cn2c(=O)c3cc(S(=O)(=O)NC4(C(F)F)CC4)ccc3n(CC3CC3)c2=O)cn1. The molecule has 0 amide bonds. The fourth-order valence-electron chi connectivity index (χ4n) is 4.01. The lowest BCUT2D eigenvalue weighted by molar-refractivity contribution is 0.0970. The molecule has 0 saturated heterocycles. The second kappa shape index (κ2) is 7.59. The number of fused-ring (bicyclic) bond motifs is 1. The maximum absolute atomic E-state index is 13.3. The van der Waals surface area contributed by atoms with Crippen LogP contribution < -0.4 is 16.0 Å². The molecule has 1 aromatic carbocycles. The van der Waals surface area contributed by atoms with Crippen molar-refractivity contribution in [3.05, 3.63) is 57.0 Å². The van der Waals surface area contributed by atoms with E-state index in [4.69, 9.17) is 0 Å². The third-order valence-electron chi connectivity index (χ3n) is 6.29. The van der Waals surface area contributed by atoms with Gasteiger partial charge < -0.3 is 0 Å². The molecule has 0 radical (unpaired) electrons. The van der Waals surface area contributed by atoms with Gasteiger partial charge in [0.05, 0.1) is 34.1 Å². The van der Waals surface area contributed by atoms with Crippen LogP contribution in [0.25, 0.3) is 10.9 Å². The molecule has 12 heteroatoms. The quantitative estimate of drug-likeness (QED) is 0.526. The minimum absolute atomic E-state index is 0.0180. The lowest BCUT2D eigenvalue weighted by atomic mass is 10.2. The van der Waals surface area contributed by atoms with Crippen molar-refractivity contribution in [2.24, 2.45) is 13.0 Å². The smallest absolute Gasteiger partial charge is 0.293 e. The van der Waals surface area contributed by atoms with Gasteiger partial charge >= 0.3 is 5.69 Å². The van der Waals surface area contributed by atoms with E-state index in [-0.39, 0.29) is 29.7 Å². The van der Waals surface area contributed by atoms with Crippen LogP contribution in [0.2, 0.25) is 0 Å². The van der Waals surface area contributed by atoms with Crippen LogP contribution in [0.1, 0.15) is 31.2 Å². The Morgan fingerprint density at radius 1 is 1.21 bits per heavy atom. The Morgan fingerprint density at radius 2 is 1.94 bits per heavy atom. The molecule has 0 spiro atoms. The van der Waals surface area contributed by atoms with Crippen molar-refractivity contribution in [3.8, 4) is 0 Å². The van der Waals surface area contributed by atoms with Gasteiger partial charge in [0.25, 0.3) is 12.0 Å². The molecule has 0 bridgehead atoms. The summed E-state index contributed by atoms with van der Waals surface area (Å²) in [4.78, 5) is 26.2. The number of aryl methyl sites for hydroxylation is 1. The number of hydrogen-bond donors (Lipinski definition) is 1. The zero-order valence-electron chi connectivity index (χ0n) is 17.9. The van der Waals surface area contributed by atoms with Gasteiger partial charge in [-0.3, -0.25) is 18.6 Å². The molecule has 3 aromatic rings. The van der Waals surface area contributed by atoms with Crippen molar-refractivity contribution in [1.29, 1.82) is 0 Å². The summed E-state index contributed by atoms with van der Waals surface area (Å²) in [5.74, 6) is 0.320. The highest BCUT2D eigenvalue weighted by atomic mass is 32.2. The van der Waals surface area contributed by atoms with Gasteiger partial charge in [0.15, 0.2) is 0 Å². The van der Waals surface area contributed by atoms with Gasteiger partial charge in [0.2, 0.25) is 10.0 Å². The average molecular weight is 480 g/mol. The van der Waals surface area contributed by atoms with Crippen molar-refractivity contribution in [3.63, 3.8) is 0 Å². The number of aromatic nitrogens is 4. The zero-order valence-corrected chi connectivity index (χ0v) is 18.7. The number of rotatable bonds is 8. The fourth-order valence-corrected chi connectivity index (χ4v) is 5.47. The summed E-state index contributed by atoms with van der Waals surface area (Å²) < 4.78 is 58.5. The van der Waals surface area contributed by atoms with Crippen LogP contribution in [0.3, 0.4) is 0 Å². The van der Waals surface area contributed by atoms with Crippen LogP contribution in [-0.2, 0) is 30.2 Å². The minimum Gasteiger partial charge on any atom is -0.293 e. The van der Waals surface area contributed by atoms with Crippen LogP contribution >= 0.6 is 0 Å². The molecule has 2 aliphatic carbocycles. The van der Waals surface area contributed by atoms with Crippen LogP contribution in [0.4, 0.5) is 8.78 Å². The first kappa shape index (κ1) is 22.0. The number of hydrogen-bond acceptors (Lipinski definition) is 5. The van der Waals surface area contributed by atoms with E-state index in [1.54, 1.807) is 24.1 Å². The summed E-state index contributed by atoms with van der Waals surface area (Å²) in [5.41, 5.74) is -1.90. The summed E-state index contributed by atoms with van der Waals surface area (Å²) in [6.45, 7) is 0.400. The molecule has 0 aliphatic heterocycles. The first-order valence-corrected chi connectivity index (χ1v) is 12.1. The van der Waals surface area contributed by atoms with Crippen LogP contribution in [0, 0.1) is 5.92 Å². The summed E-state index contributed by atoms with van der Waals surface area (Å²) in [5, 5.41) is 4.10. The second-order valence-corrected chi connectivity index (χ2v) is 10.7. The Kier molecular flexibility index (Phi) is 5.05. The van der Waals surface area contributed by atoms with E-state index >= 15 is 0 Å². The van der Waals surface area contributed by atoms with Crippen molar-refractivity contribution in [2.75, 3.05) is 0 Å². The highest BCUT2D eigenvalue weighted by Gasteiger charge is 2.53. The Morgan fingerprint density at radius 3 is 2.52 bits per heavy atom. The summed E-state index contributed by atoms with van der Waals surface area (Å²) >= 11 is 0. The molecule has 2 aromatic heterocycles. The van der Waals surface area contributed by atoms with Gasteiger partial charge in [0.1, 0.15) is 0 Å². The number of alkyl halides is 2. The third-order valence-corrected chi connectivity index (χ3v) is 7.84. The second-order valence-electron chi connectivity index (χ2n) is 8.99. The molecule has 2 aliphatic rings. The van der Waals surface area contributed by atoms with E-state index in [0.717, 1.165) is 17.4 Å². The number of halogens is 2. The molecule has 5 rings (SSSR count). The van der Waals surface area contributed by atoms with Crippen molar-refractivity contribution in [2.45, 2.75) is 55.6 Å². The van der Waals surface area contributed by atoms with E-state index in [2.05, 4.69) is 9.82 Å². The first-order valence-electron chi connectivity index (χ1n) is 10.7. The highest BCUT2D eigenvalue weighted by Crippen LogP contribution is 2.42. The van der Waals surface area contributed by atoms with E-state index in [1.807, 2.05) is 0 Å². The van der Waals surface area contributed by atoms with Gasteiger partial charge in [-0.15, -0.1) is 0 Å². The van der Waals surface area contributed by atoms with Crippen LogP contribution in [0.5, 0.6) is 0 Å². The van der Waals surface area contributed by atoms with Crippen molar-refractivity contribution < 1.29 is 17.2 Å². The highest BCUT2D eigenvalue weighted by molar-refractivity contribution is 7.89. The minimum atomic E-state index is -4.29. The van der Waals surface area contributed by atoms with E-state index < -0.39 is 33.2 Å². The van der Waals surface area contributed by atoms with Crippen molar-refractivity contribution in [1.82, 2.24) is 23.6 Å². The van der Waals surface area contributed by atoms with E-state index in [0.29, 0.717) is 23.5 Å². The number of sulfonamides is 1. The molecule has 0 unspecified atom stereocenters. The lowest BCUT2D eigenvalue weighted by Gasteiger charge is -2.17. The Balaban J connectivity index is 1.64. The van der Waals surface area contributed by atoms with Gasteiger partial charge in [0, 0.05) is 25.4 Å². The normalized spacial score (nSPS) is 17.7. The Bertz CT molecular complexity index is 1470. The van der Waals surface area contributed by atoms with Gasteiger partial charge in [-0.1, -0.05) is 0 Å². The number of nitrogens with zero attached hydrogens (tertiary/aromatic N) is 4. The Hall–Kier alpha value is -2.86. The molecule has 0 atom stereocenters. The monoisotopic (exact) mass is 479 g/mol. The molecular formula is C21H23F2N5O4S. The van der Waals surface area contributed by atoms with E-state index in [1.165, 1.54) is 22.8 Å². The van der Waals surface area contributed by atoms with Crippen LogP contribution in [0.15, 0.2) is 45.1 Å². The largest absolute Gasteiger partial charge is 0.331 e. The molecule has 2 saturated carbocycles. The molecule has 2 fully saturated rings. The maximum Gasteiger partial charge on any atom is 0.331 e. The maximum atomic E-state index is 13.3. The number of benzene rings is 1. The summed E-state index contributed by atoms with van der Waals surface area (Å²) in [6, 6.07) is 3.83. The van der Waals surface area contributed by atoms with Gasteiger partial charge in [-0.25, -0.2) is 22.0 Å². The topological polar surface area (TPSA) is 108 Å². The van der Waals surface area contributed by atoms with Gasteiger partial charge in [-0.05, 0) is 49.8 Å². The molecule has 1 N–H and O–H groups in total. The Labute approximate surface area is 187 Å².